The van der Waals surface area contributed by atoms with Crippen molar-refractivity contribution in [2.24, 2.45) is 0 Å². The SMILES string of the molecule is CC1(C)CC2(CC(C)(C)c3cc(OCC4CO4)ccc32)c2ccc(OCC(O)COc3cccc(OCC(O)COc4ccc5c(c4)C(C)(C)CC54CC(C)(C)c5cc(OCC6CO6)ccc54)c3)cc21. The number of benzene rings is 5. The van der Waals surface area contributed by atoms with Crippen molar-refractivity contribution in [3.8, 4) is 34.5 Å². The van der Waals surface area contributed by atoms with Crippen molar-refractivity contribution in [3.63, 3.8) is 0 Å². The summed E-state index contributed by atoms with van der Waals surface area (Å²) in [5.74, 6) is 4.38. The molecule has 2 N–H and O–H groups in total. The van der Waals surface area contributed by atoms with Gasteiger partial charge in [0.2, 0.25) is 0 Å². The number of aliphatic hydroxyl groups is 2. The Morgan fingerprint density at radius 1 is 0.400 bits per heavy atom. The molecule has 11 rings (SSSR count). The first-order chi connectivity index (χ1) is 33.3. The topological polar surface area (TPSA) is 121 Å². The van der Waals surface area contributed by atoms with E-state index in [0.717, 1.165) is 61.9 Å². The van der Waals surface area contributed by atoms with Crippen LogP contribution in [0.1, 0.15) is 126 Å². The van der Waals surface area contributed by atoms with Crippen molar-refractivity contribution in [2.45, 2.75) is 138 Å². The molecule has 6 aliphatic rings. The fourth-order valence-corrected chi connectivity index (χ4v) is 13.2. The van der Waals surface area contributed by atoms with E-state index >= 15 is 0 Å². The van der Waals surface area contributed by atoms with E-state index in [4.69, 9.17) is 37.9 Å². The van der Waals surface area contributed by atoms with Gasteiger partial charge in [0.15, 0.2) is 0 Å². The second-order valence-electron chi connectivity index (χ2n) is 23.8. The van der Waals surface area contributed by atoms with E-state index in [2.05, 4.69) is 116 Å². The van der Waals surface area contributed by atoms with Crippen LogP contribution in [0.4, 0.5) is 0 Å². The summed E-state index contributed by atoms with van der Waals surface area (Å²) in [6.45, 7) is 21.7. The molecule has 5 aromatic carbocycles. The highest BCUT2D eigenvalue weighted by atomic mass is 16.6. The molecule has 10 heteroatoms. The Bertz CT molecular complexity index is 2600. The van der Waals surface area contributed by atoms with Crippen molar-refractivity contribution in [2.75, 3.05) is 52.9 Å². The van der Waals surface area contributed by atoms with E-state index in [-0.39, 0.29) is 71.1 Å². The summed E-state index contributed by atoms with van der Waals surface area (Å²) < 4.78 is 47.3. The summed E-state index contributed by atoms with van der Waals surface area (Å²) in [7, 11) is 0. The van der Waals surface area contributed by atoms with Gasteiger partial charge in [-0.25, -0.2) is 0 Å². The van der Waals surface area contributed by atoms with Crippen LogP contribution in [0.3, 0.4) is 0 Å². The predicted octanol–water partition coefficient (Wildman–Crippen LogP) is 10.2. The van der Waals surface area contributed by atoms with Gasteiger partial charge in [-0.15, -0.1) is 0 Å². The Kier molecular flexibility index (Phi) is 11.6. The third-order valence-corrected chi connectivity index (χ3v) is 16.2. The Hall–Kier alpha value is -5.26. The molecule has 6 atom stereocenters. The zero-order chi connectivity index (χ0) is 48.8. The molecule has 0 radical (unpaired) electrons. The van der Waals surface area contributed by atoms with Crippen molar-refractivity contribution in [3.05, 3.63) is 142 Å². The van der Waals surface area contributed by atoms with Crippen LogP contribution in [0.5, 0.6) is 34.5 Å². The van der Waals surface area contributed by atoms with Crippen LogP contribution in [0.15, 0.2) is 97.1 Å². The van der Waals surface area contributed by atoms with Gasteiger partial charge < -0.3 is 48.1 Å². The van der Waals surface area contributed by atoms with Crippen LogP contribution >= 0.6 is 0 Å². The fourth-order valence-electron chi connectivity index (χ4n) is 13.2. The van der Waals surface area contributed by atoms with E-state index in [1.54, 1.807) is 6.07 Å². The van der Waals surface area contributed by atoms with Gasteiger partial charge >= 0.3 is 0 Å². The number of hydrogen-bond acceptors (Lipinski definition) is 10. The molecule has 2 spiro atoms. The lowest BCUT2D eigenvalue weighted by molar-refractivity contribution is 0.0600. The second-order valence-corrected chi connectivity index (χ2v) is 23.8. The van der Waals surface area contributed by atoms with E-state index < -0.39 is 12.2 Å². The van der Waals surface area contributed by atoms with E-state index in [1.807, 2.05) is 30.3 Å². The molecule has 2 aliphatic heterocycles. The molecular formula is C60H70O10. The molecule has 2 heterocycles. The number of rotatable bonds is 18. The largest absolute Gasteiger partial charge is 0.491 e. The molecule has 5 aromatic rings. The monoisotopic (exact) mass is 950 g/mol. The summed E-state index contributed by atoms with van der Waals surface area (Å²) in [5, 5.41) is 22.0. The fraction of sp³-hybridized carbons (Fsp3) is 0.500. The first-order valence-electron chi connectivity index (χ1n) is 25.4. The summed E-state index contributed by atoms with van der Waals surface area (Å²) in [6.07, 6.45) is 2.79. The molecule has 0 aromatic heterocycles. The van der Waals surface area contributed by atoms with Crippen molar-refractivity contribution >= 4 is 0 Å². The molecule has 2 fully saturated rings. The standard InChI is InChI=1S/C60H70O10/c1-55(2)33-59(35-57(5,6)53-23-43(14-18-49(53)59)67-29-45-31-69-45)47-16-12-41(21-51(47)55)65-27-37(61)25-63-39-10-9-11-40(20-39)64-26-38(62)28-66-42-13-17-48-52(22-42)56(3,4)34-60(48)36-58(7,8)54-24-44(15-19-50(54)60)68-30-46-32-70-46/h9-24,37-38,45-46,61-62H,25-36H2,1-8H3. The molecule has 6 unspecified atom stereocenters. The third kappa shape index (κ3) is 8.81. The second kappa shape index (κ2) is 17.2. The minimum Gasteiger partial charge on any atom is -0.491 e. The lowest BCUT2D eigenvalue weighted by Gasteiger charge is -2.30. The highest BCUT2D eigenvalue weighted by Gasteiger charge is 2.58. The van der Waals surface area contributed by atoms with Gasteiger partial charge in [0.1, 0.15) is 98.6 Å². The molecule has 0 amide bonds. The Labute approximate surface area is 413 Å². The maximum absolute atomic E-state index is 11.0. The van der Waals surface area contributed by atoms with Gasteiger partial charge in [-0.1, -0.05) is 85.7 Å². The van der Waals surface area contributed by atoms with Gasteiger partial charge in [0.25, 0.3) is 0 Å². The Morgan fingerprint density at radius 2 is 0.671 bits per heavy atom. The maximum atomic E-state index is 11.0. The van der Waals surface area contributed by atoms with E-state index in [0.29, 0.717) is 24.7 Å². The summed E-state index contributed by atoms with van der Waals surface area (Å²) >= 11 is 0. The van der Waals surface area contributed by atoms with Crippen LogP contribution < -0.4 is 28.4 Å². The minimum atomic E-state index is -0.862. The Morgan fingerprint density at radius 3 is 0.957 bits per heavy atom. The molecule has 0 bridgehead atoms. The quantitative estimate of drug-likeness (QED) is 0.0822. The predicted molar refractivity (Wildman–Crippen MR) is 269 cm³/mol. The van der Waals surface area contributed by atoms with Gasteiger partial charge in [0, 0.05) is 16.9 Å². The number of fused-ring (bicyclic) bond motifs is 8. The average molecular weight is 951 g/mol. The first-order valence-corrected chi connectivity index (χ1v) is 25.4. The van der Waals surface area contributed by atoms with Crippen molar-refractivity contribution in [1.82, 2.24) is 0 Å². The van der Waals surface area contributed by atoms with Gasteiger partial charge in [-0.2, -0.15) is 0 Å². The third-order valence-electron chi connectivity index (χ3n) is 16.2. The van der Waals surface area contributed by atoms with E-state index in [9.17, 15) is 10.2 Å². The highest BCUT2D eigenvalue weighted by Crippen LogP contribution is 2.65. The van der Waals surface area contributed by atoms with Crippen LogP contribution in [0, 0.1) is 0 Å². The number of aliphatic hydroxyl groups excluding tert-OH is 2. The lowest BCUT2D eigenvalue weighted by Crippen LogP contribution is -2.26. The molecule has 0 saturated carbocycles. The molecule has 2 saturated heterocycles. The normalized spacial score (nSPS) is 25.9. The minimum absolute atomic E-state index is 0.00755. The molecule has 4 aliphatic carbocycles. The van der Waals surface area contributed by atoms with Crippen LogP contribution in [-0.2, 0) is 42.0 Å². The number of ether oxygens (including phenoxy) is 8. The maximum Gasteiger partial charge on any atom is 0.123 e. The van der Waals surface area contributed by atoms with Crippen molar-refractivity contribution < 1.29 is 48.1 Å². The zero-order valence-corrected chi connectivity index (χ0v) is 42.2. The molecular weight excluding hydrogens is 881 g/mol. The molecule has 10 nitrogen and oxygen atoms in total. The average Bonchev–Trinajstić information content (AvgIpc) is 4.27. The smallest absolute Gasteiger partial charge is 0.123 e. The number of hydrogen-bond donors (Lipinski definition) is 2. The molecule has 70 heavy (non-hydrogen) atoms. The highest BCUT2D eigenvalue weighted by molar-refractivity contribution is 5.63. The van der Waals surface area contributed by atoms with Crippen LogP contribution in [-0.4, -0.2) is 87.5 Å². The van der Waals surface area contributed by atoms with E-state index in [1.165, 1.54) is 44.5 Å². The summed E-state index contributed by atoms with van der Waals surface area (Å²) in [6, 6.07) is 33.5. The summed E-state index contributed by atoms with van der Waals surface area (Å²) in [5.41, 5.74) is 10.5. The number of epoxide rings is 2. The van der Waals surface area contributed by atoms with Crippen LogP contribution in [0.25, 0.3) is 0 Å². The Balaban J connectivity index is 0.668. The van der Waals surface area contributed by atoms with Crippen LogP contribution in [0.2, 0.25) is 0 Å². The van der Waals surface area contributed by atoms with Gasteiger partial charge in [-0.05, 0) is 153 Å². The van der Waals surface area contributed by atoms with Crippen molar-refractivity contribution in [1.29, 1.82) is 0 Å². The zero-order valence-electron chi connectivity index (χ0n) is 42.2. The summed E-state index contributed by atoms with van der Waals surface area (Å²) in [4.78, 5) is 0. The van der Waals surface area contributed by atoms with Gasteiger partial charge in [-0.3, -0.25) is 0 Å². The molecule has 370 valence electrons. The first kappa shape index (κ1) is 47.1. The van der Waals surface area contributed by atoms with Gasteiger partial charge in [0.05, 0.1) is 13.2 Å². The lowest BCUT2D eigenvalue weighted by atomic mass is 9.72.